The molecule has 0 aromatic heterocycles. The molecule has 0 radical (unpaired) electrons. The van der Waals surface area contributed by atoms with Gasteiger partial charge in [0.25, 0.3) is 0 Å². The average Bonchev–Trinajstić information content (AvgIpc) is 2.26. The molecule has 0 saturated carbocycles. The van der Waals surface area contributed by atoms with Gasteiger partial charge in [0.15, 0.2) is 0 Å². The van der Waals surface area contributed by atoms with E-state index in [1.165, 1.54) is 0 Å². The molecule has 16 heavy (non-hydrogen) atoms. The van der Waals surface area contributed by atoms with E-state index in [1.807, 2.05) is 19.1 Å². The van der Waals surface area contributed by atoms with Crippen molar-refractivity contribution in [1.29, 1.82) is 0 Å². The Morgan fingerprint density at radius 3 is 2.31 bits per heavy atom. The molecule has 0 fully saturated rings. The Labute approximate surface area is 102 Å². The second-order valence-corrected chi connectivity index (χ2v) is 4.84. The summed E-state index contributed by atoms with van der Waals surface area (Å²) in [6.07, 6.45) is -0.529. The monoisotopic (exact) mass is 242 g/mol. The molecule has 90 valence electrons. The number of hydrogen-bond donors (Lipinski definition) is 1. The van der Waals surface area contributed by atoms with Crippen LogP contribution in [0.1, 0.15) is 32.4 Å². The molecule has 0 aliphatic heterocycles. The molecular weight excluding hydrogens is 224 g/mol. The predicted molar refractivity (Wildman–Crippen MR) is 67.0 cm³/mol. The van der Waals surface area contributed by atoms with Crippen LogP contribution < -0.4 is 4.74 Å². The van der Waals surface area contributed by atoms with E-state index < -0.39 is 6.10 Å². The van der Waals surface area contributed by atoms with Crippen LogP contribution in [-0.2, 0) is 0 Å². The number of methoxy groups -OCH3 is 1. The van der Waals surface area contributed by atoms with E-state index in [0.29, 0.717) is 16.7 Å². The third-order valence-electron chi connectivity index (χ3n) is 3.08. The molecule has 0 saturated heterocycles. The minimum atomic E-state index is -0.529. The number of aliphatic hydroxyl groups excluding tert-OH is 1. The largest absolute Gasteiger partial charge is 0.497 e. The van der Waals surface area contributed by atoms with Crippen LogP contribution in [0.5, 0.6) is 5.75 Å². The van der Waals surface area contributed by atoms with Gasteiger partial charge < -0.3 is 9.84 Å². The van der Waals surface area contributed by atoms with Gasteiger partial charge in [-0.1, -0.05) is 38.4 Å². The van der Waals surface area contributed by atoms with Gasteiger partial charge in [-0.05, 0) is 29.5 Å². The van der Waals surface area contributed by atoms with E-state index in [-0.39, 0.29) is 5.92 Å². The number of hydrogen-bond acceptors (Lipinski definition) is 2. The highest BCUT2D eigenvalue weighted by Crippen LogP contribution is 2.33. The highest BCUT2D eigenvalue weighted by atomic mass is 35.5. The van der Waals surface area contributed by atoms with E-state index in [0.717, 1.165) is 5.56 Å². The van der Waals surface area contributed by atoms with Crippen LogP contribution >= 0.6 is 11.6 Å². The van der Waals surface area contributed by atoms with E-state index in [4.69, 9.17) is 16.3 Å². The molecule has 2 atom stereocenters. The Morgan fingerprint density at radius 1 is 1.25 bits per heavy atom. The van der Waals surface area contributed by atoms with Crippen molar-refractivity contribution in [2.24, 2.45) is 11.8 Å². The summed E-state index contributed by atoms with van der Waals surface area (Å²) in [6.45, 7) is 6.20. The zero-order chi connectivity index (χ0) is 12.3. The van der Waals surface area contributed by atoms with Gasteiger partial charge in [0.1, 0.15) is 5.75 Å². The fourth-order valence-corrected chi connectivity index (χ4v) is 1.80. The molecule has 0 aliphatic rings. The highest BCUT2D eigenvalue weighted by molar-refractivity contribution is 6.31. The smallest absolute Gasteiger partial charge is 0.120 e. The number of ether oxygens (including phenoxy) is 1. The fourth-order valence-electron chi connectivity index (χ4n) is 1.52. The lowest BCUT2D eigenvalue weighted by Gasteiger charge is -2.23. The van der Waals surface area contributed by atoms with Crippen molar-refractivity contribution in [3.63, 3.8) is 0 Å². The lowest BCUT2D eigenvalue weighted by molar-refractivity contribution is 0.0921. The van der Waals surface area contributed by atoms with Crippen molar-refractivity contribution < 1.29 is 9.84 Å². The van der Waals surface area contributed by atoms with Crippen LogP contribution in [0.3, 0.4) is 0 Å². The van der Waals surface area contributed by atoms with Crippen LogP contribution in [0.4, 0.5) is 0 Å². The molecule has 0 aliphatic carbocycles. The Kier molecular flexibility index (Phi) is 4.63. The molecule has 1 rings (SSSR count). The summed E-state index contributed by atoms with van der Waals surface area (Å²) in [5, 5.41) is 10.7. The molecule has 1 aromatic rings. The van der Waals surface area contributed by atoms with Gasteiger partial charge in [-0.2, -0.15) is 0 Å². The summed E-state index contributed by atoms with van der Waals surface area (Å²) < 4.78 is 5.07. The number of benzene rings is 1. The maximum atomic E-state index is 10.2. The zero-order valence-electron chi connectivity index (χ0n) is 10.2. The molecule has 0 heterocycles. The number of halogens is 1. The quantitative estimate of drug-likeness (QED) is 0.873. The maximum Gasteiger partial charge on any atom is 0.120 e. The van der Waals surface area contributed by atoms with Crippen LogP contribution in [-0.4, -0.2) is 12.2 Å². The van der Waals surface area contributed by atoms with E-state index in [1.54, 1.807) is 13.2 Å². The highest BCUT2D eigenvalue weighted by Gasteiger charge is 2.21. The third kappa shape index (κ3) is 2.89. The van der Waals surface area contributed by atoms with Crippen molar-refractivity contribution in [2.45, 2.75) is 26.9 Å². The van der Waals surface area contributed by atoms with Gasteiger partial charge in [-0.3, -0.25) is 0 Å². The first-order chi connectivity index (χ1) is 7.47. The summed E-state index contributed by atoms with van der Waals surface area (Å²) >= 11 is 6.11. The van der Waals surface area contributed by atoms with Crippen molar-refractivity contribution >= 4 is 11.6 Å². The molecule has 2 unspecified atom stereocenters. The zero-order valence-corrected chi connectivity index (χ0v) is 11.0. The van der Waals surface area contributed by atoms with Crippen molar-refractivity contribution in [1.82, 2.24) is 0 Å². The molecule has 2 nitrogen and oxygen atoms in total. The topological polar surface area (TPSA) is 29.5 Å². The van der Waals surface area contributed by atoms with Crippen LogP contribution in [0, 0.1) is 11.8 Å². The lowest BCUT2D eigenvalue weighted by atomic mass is 9.88. The summed E-state index contributed by atoms with van der Waals surface area (Å²) in [4.78, 5) is 0. The Balaban J connectivity index is 2.96. The van der Waals surface area contributed by atoms with Crippen molar-refractivity contribution in [2.75, 3.05) is 7.11 Å². The molecule has 1 aromatic carbocycles. The van der Waals surface area contributed by atoms with Gasteiger partial charge in [-0.15, -0.1) is 0 Å². The van der Waals surface area contributed by atoms with Crippen molar-refractivity contribution in [3.05, 3.63) is 28.8 Å². The normalized spacial score (nSPS) is 14.9. The van der Waals surface area contributed by atoms with Gasteiger partial charge in [-0.25, -0.2) is 0 Å². The summed E-state index contributed by atoms with van der Waals surface area (Å²) in [7, 11) is 1.60. The average molecular weight is 243 g/mol. The van der Waals surface area contributed by atoms with E-state index >= 15 is 0 Å². The second kappa shape index (κ2) is 5.55. The molecule has 0 amide bonds. The molecular formula is C13H19ClO2. The third-order valence-corrected chi connectivity index (χ3v) is 3.40. The lowest BCUT2D eigenvalue weighted by Crippen LogP contribution is -2.15. The molecule has 3 heteroatoms. The maximum absolute atomic E-state index is 10.2. The minimum absolute atomic E-state index is 0.172. The van der Waals surface area contributed by atoms with Gasteiger partial charge in [0.2, 0.25) is 0 Å². The fraction of sp³-hybridized carbons (Fsp3) is 0.538. The number of rotatable bonds is 4. The standard InChI is InChI=1S/C13H19ClO2/c1-8(2)9(3)13(15)11-6-5-10(16-4)7-12(11)14/h5-9,13,15H,1-4H3. The van der Waals surface area contributed by atoms with E-state index in [2.05, 4.69) is 13.8 Å². The molecule has 1 N–H and O–H groups in total. The summed E-state index contributed by atoms with van der Waals surface area (Å²) in [6, 6.07) is 5.37. The van der Waals surface area contributed by atoms with Crippen LogP contribution in [0.25, 0.3) is 0 Å². The predicted octanol–water partition coefficient (Wildman–Crippen LogP) is 3.67. The van der Waals surface area contributed by atoms with Crippen LogP contribution in [0.2, 0.25) is 5.02 Å². The SMILES string of the molecule is COc1ccc(C(O)C(C)C(C)C)c(Cl)c1. The first kappa shape index (κ1) is 13.3. The first-order valence-electron chi connectivity index (χ1n) is 5.48. The second-order valence-electron chi connectivity index (χ2n) is 4.44. The Bertz CT molecular complexity index is 350. The Hall–Kier alpha value is -0.730. The van der Waals surface area contributed by atoms with Crippen molar-refractivity contribution in [3.8, 4) is 5.75 Å². The molecule has 0 spiro atoms. The number of aliphatic hydroxyl groups is 1. The van der Waals surface area contributed by atoms with Gasteiger partial charge in [0.05, 0.1) is 18.2 Å². The van der Waals surface area contributed by atoms with Gasteiger partial charge in [0, 0.05) is 0 Å². The van der Waals surface area contributed by atoms with E-state index in [9.17, 15) is 5.11 Å². The first-order valence-corrected chi connectivity index (χ1v) is 5.86. The van der Waals surface area contributed by atoms with Gasteiger partial charge >= 0.3 is 0 Å². The minimum Gasteiger partial charge on any atom is -0.497 e. The van der Waals surface area contributed by atoms with Crippen LogP contribution in [0.15, 0.2) is 18.2 Å². The Morgan fingerprint density at radius 2 is 1.88 bits per heavy atom. The summed E-state index contributed by atoms with van der Waals surface area (Å²) in [5.41, 5.74) is 0.767. The molecule has 0 bridgehead atoms. The summed E-state index contributed by atoms with van der Waals surface area (Å²) in [5.74, 6) is 1.29.